The van der Waals surface area contributed by atoms with E-state index in [-0.39, 0.29) is 0 Å². The third-order valence-corrected chi connectivity index (χ3v) is 5.88. The van der Waals surface area contributed by atoms with Crippen molar-refractivity contribution in [3.8, 4) is 0 Å². The summed E-state index contributed by atoms with van der Waals surface area (Å²) in [7, 11) is 0. The summed E-state index contributed by atoms with van der Waals surface area (Å²) in [4.78, 5) is 24.6. The van der Waals surface area contributed by atoms with Crippen LogP contribution < -0.4 is 0 Å². The fourth-order valence-corrected chi connectivity index (χ4v) is 3.75. The molecule has 8 nitrogen and oxygen atoms in total. The van der Waals surface area contributed by atoms with Crippen LogP contribution in [0.1, 0.15) is 66.7 Å². The van der Waals surface area contributed by atoms with Crippen LogP contribution in [0.15, 0.2) is 12.2 Å². The van der Waals surface area contributed by atoms with Crippen LogP contribution in [0.3, 0.4) is 0 Å². The molecule has 1 rings (SSSR count). The van der Waals surface area contributed by atoms with Gasteiger partial charge in [0.1, 0.15) is 17.8 Å². The predicted molar refractivity (Wildman–Crippen MR) is 110 cm³/mol. The lowest BCUT2D eigenvalue weighted by molar-refractivity contribution is -0.180. The summed E-state index contributed by atoms with van der Waals surface area (Å²) < 4.78 is 10.7. The van der Waals surface area contributed by atoms with E-state index in [2.05, 4.69) is 6.92 Å². The van der Waals surface area contributed by atoms with Gasteiger partial charge in [0.05, 0.1) is 24.2 Å². The summed E-state index contributed by atoms with van der Waals surface area (Å²) in [6, 6.07) is 0. The van der Waals surface area contributed by atoms with Crippen LogP contribution in [0, 0.1) is 11.8 Å². The first kappa shape index (κ1) is 26.6. The molecule has 0 aromatic rings. The zero-order chi connectivity index (χ0) is 23.1. The van der Waals surface area contributed by atoms with Gasteiger partial charge in [0.25, 0.3) is 0 Å². The van der Waals surface area contributed by atoms with Gasteiger partial charge >= 0.3 is 11.9 Å². The van der Waals surface area contributed by atoms with E-state index in [4.69, 9.17) is 9.47 Å². The monoisotopic (exact) mass is 430 g/mol. The van der Waals surface area contributed by atoms with E-state index in [9.17, 15) is 30.0 Å². The predicted octanol–water partition coefficient (Wildman–Crippen LogP) is 1.48. The topological polar surface area (TPSA) is 134 Å². The molecule has 0 aromatic heterocycles. The first-order valence-electron chi connectivity index (χ1n) is 10.8. The molecular formula is C22H38O8. The third kappa shape index (κ3) is 7.04. The zero-order valence-corrected chi connectivity index (χ0v) is 18.7. The Morgan fingerprint density at radius 1 is 1.20 bits per heavy atom. The van der Waals surface area contributed by atoms with E-state index < -0.39 is 59.9 Å². The van der Waals surface area contributed by atoms with Crippen LogP contribution >= 0.6 is 0 Å². The van der Waals surface area contributed by atoms with Crippen molar-refractivity contribution in [2.24, 2.45) is 11.8 Å². The molecule has 1 aliphatic heterocycles. The van der Waals surface area contributed by atoms with Crippen molar-refractivity contribution in [3.63, 3.8) is 0 Å². The number of aliphatic hydroxyl groups excluding tert-OH is 3. The summed E-state index contributed by atoms with van der Waals surface area (Å²) in [5, 5.41) is 41.6. The number of unbranched alkanes of at least 4 members (excludes halogenated alkanes) is 3. The molecule has 0 bridgehead atoms. The Bertz CT molecular complexity index is 588. The van der Waals surface area contributed by atoms with Crippen molar-refractivity contribution in [1.82, 2.24) is 0 Å². The highest BCUT2D eigenvalue weighted by atomic mass is 16.6. The standard InChI is InChI=1S/C22H38O8/c1-6-7-8-9-10-16(23)11-12-17(24)30-18-13(2)19(25)22(5,28)20(26)14(3)21(27)29-15(18)4/h11-16,18-20,23,25-26,28H,6-10H2,1-5H3/b12-11-/t13-,14+,15+,16-,18-,19+,20-,22-/m1/s1. The van der Waals surface area contributed by atoms with Gasteiger partial charge in [-0.05, 0) is 33.3 Å². The van der Waals surface area contributed by atoms with Crippen LogP contribution in [0.5, 0.6) is 0 Å². The molecule has 4 N–H and O–H groups in total. The van der Waals surface area contributed by atoms with Crippen molar-refractivity contribution in [2.75, 3.05) is 0 Å². The zero-order valence-electron chi connectivity index (χ0n) is 18.7. The maximum Gasteiger partial charge on any atom is 0.330 e. The lowest BCUT2D eigenvalue weighted by Crippen LogP contribution is -2.57. The van der Waals surface area contributed by atoms with Crippen LogP contribution in [-0.2, 0) is 19.1 Å². The van der Waals surface area contributed by atoms with E-state index in [1.54, 1.807) is 0 Å². The molecule has 1 heterocycles. The quantitative estimate of drug-likeness (QED) is 0.258. The highest BCUT2D eigenvalue weighted by Crippen LogP contribution is 2.32. The van der Waals surface area contributed by atoms with E-state index in [0.29, 0.717) is 6.42 Å². The lowest BCUT2D eigenvalue weighted by atomic mass is 9.78. The second kappa shape index (κ2) is 11.8. The van der Waals surface area contributed by atoms with E-state index in [0.717, 1.165) is 31.8 Å². The summed E-state index contributed by atoms with van der Waals surface area (Å²) in [5.41, 5.74) is -2.02. The molecule has 0 aliphatic carbocycles. The normalized spacial score (nSPS) is 36.5. The Labute approximate surface area is 178 Å². The molecule has 0 amide bonds. The Kier molecular flexibility index (Phi) is 10.4. The molecule has 30 heavy (non-hydrogen) atoms. The van der Waals surface area contributed by atoms with Crippen molar-refractivity contribution in [2.45, 2.75) is 103 Å². The average Bonchev–Trinajstić information content (AvgIpc) is 2.71. The largest absolute Gasteiger partial charge is 0.458 e. The maximum atomic E-state index is 12.3. The number of hydrogen-bond acceptors (Lipinski definition) is 8. The van der Waals surface area contributed by atoms with Gasteiger partial charge in [-0.2, -0.15) is 0 Å². The van der Waals surface area contributed by atoms with E-state index >= 15 is 0 Å². The molecule has 0 saturated carbocycles. The van der Waals surface area contributed by atoms with Crippen molar-refractivity contribution < 1.29 is 39.5 Å². The Hall–Kier alpha value is -1.48. The first-order valence-corrected chi connectivity index (χ1v) is 10.8. The molecule has 8 atom stereocenters. The summed E-state index contributed by atoms with van der Waals surface area (Å²) in [6.45, 7) is 7.77. The molecule has 0 radical (unpaired) electrons. The molecule has 1 fully saturated rings. The Morgan fingerprint density at radius 3 is 2.43 bits per heavy atom. The van der Waals surface area contributed by atoms with Crippen molar-refractivity contribution in [1.29, 1.82) is 0 Å². The Morgan fingerprint density at radius 2 is 1.83 bits per heavy atom. The summed E-state index contributed by atoms with van der Waals surface area (Å²) in [6.07, 6.45) is 1.24. The number of ether oxygens (including phenoxy) is 2. The third-order valence-electron chi connectivity index (χ3n) is 5.88. The number of esters is 2. The fraction of sp³-hybridized carbons (Fsp3) is 0.818. The minimum absolute atomic E-state index is 0.537. The smallest absolute Gasteiger partial charge is 0.330 e. The molecule has 0 unspecified atom stereocenters. The molecule has 1 aliphatic rings. The van der Waals surface area contributed by atoms with Gasteiger partial charge < -0.3 is 29.9 Å². The minimum atomic E-state index is -2.02. The number of carbonyl (C=O) groups excluding carboxylic acids is 2. The average molecular weight is 431 g/mol. The van der Waals surface area contributed by atoms with Gasteiger partial charge in [0.15, 0.2) is 0 Å². The highest BCUT2D eigenvalue weighted by molar-refractivity contribution is 5.82. The van der Waals surface area contributed by atoms with Crippen LogP contribution in [0.25, 0.3) is 0 Å². The van der Waals surface area contributed by atoms with Gasteiger partial charge in [-0.3, -0.25) is 4.79 Å². The molecule has 0 aromatic carbocycles. The van der Waals surface area contributed by atoms with Crippen LogP contribution in [0.2, 0.25) is 0 Å². The molecular weight excluding hydrogens is 392 g/mol. The van der Waals surface area contributed by atoms with E-state index in [1.165, 1.54) is 33.8 Å². The van der Waals surface area contributed by atoms with Gasteiger partial charge in [-0.25, -0.2) is 4.79 Å². The fourth-order valence-electron chi connectivity index (χ4n) is 3.75. The van der Waals surface area contributed by atoms with Gasteiger partial charge in [0.2, 0.25) is 0 Å². The van der Waals surface area contributed by atoms with Crippen LogP contribution in [-0.4, -0.2) is 68.5 Å². The first-order chi connectivity index (χ1) is 13.9. The molecule has 8 heteroatoms. The molecule has 1 saturated heterocycles. The van der Waals surface area contributed by atoms with Crippen molar-refractivity contribution >= 4 is 11.9 Å². The van der Waals surface area contributed by atoms with Crippen molar-refractivity contribution in [3.05, 3.63) is 12.2 Å². The minimum Gasteiger partial charge on any atom is -0.458 e. The number of cyclic esters (lactones) is 1. The molecule has 0 spiro atoms. The Balaban J connectivity index is 2.88. The summed E-state index contributed by atoms with van der Waals surface area (Å²) in [5.74, 6) is -3.46. The SMILES string of the molecule is CCCCCC[C@@H](O)/C=C\C(=O)O[C@@H]1[C@@H](C)[C@H](O)[C@@](C)(O)[C@H](O)[C@H](C)C(=O)O[C@H]1C. The second-order valence-electron chi connectivity index (χ2n) is 8.58. The number of hydrogen-bond donors (Lipinski definition) is 4. The lowest BCUT2D eigenvalue weighted by Gasteiger charge is -2.39. The van der Waals surface area contributed by atoms with E-state index in [1.807, 2.05) is 0 Å². The van der Waals surface area contributed by atoms with Gasteiger partial charge in [0, 0.05) is 12.0 Å². The van der Waals surface area contributed by atoms with Gasteiger partial charge in [-0.15, -0.1) is 0 Å². The number of rotatable bonds is 8. The second-order valence-corrected chi connectivity index (χ2v) is 8.58. The maximum absolute atomic E-state index is 12.3. The highest BCUT2D eigenvalue weighted by Gasteiger charge is 2.50. The van der Waals surface area contributed by atoms with Crippen LogP contribution in [0.4, 0.5) is 0 Å². The molecule has 174 valence electrons. The number of carbonyl (C=O) groups is 2. The number of aliphatic hydroxyl groups is 4. The summed E-state index contributed by atoms with van der Waals surface area (Å²) >= 11 is 0. The van der Waals surface area contributed by atoms with Gasteiger partial charge in [-0.1, -0.05) is 39.5 Å².